The number of sulfonamides is 1. The molecule has 1 rings (SSSR count). The molecule has 0 aromatic carbocycles. The fourth-order valence-corrected chi connectivity index (χ4v) is 2.76. The van der Waals surface area contributed by atoms with Gasteiger partial charge in [0.1, 0.15) is 0 Å². The van der Waals surface area contributed by atoms with Crippen LogP contribution in [-0.2, 0) is 10.0 Å². The normalized spacial score (nSPS) is 22.0. The van der Waals surface area contributed by atoms with Crippen molar-refractivity contribution in [2.45, 2.75) is 19.8 Å². The number of hydrogen-bond donors (Lipinski definition) is 1. The van der Waals surface area contributed by atoms with Crippen molar-refractivity contribution in [1.82, 2.24) is 4.31 Å². The Kier molecular flexibility index (Phi) is 3.70. The Balaban J connectivity index is 2.53. The van der Waals surface area contributed by atoms with E-state index in [1.807, 2.05) is 0 Å². The average Bonchev–Trinajstić information content (AvgIpc) is 2.05. The molecule has 1 fully saturated rings. The maximum Gasteiger partial charge on any atom is 0.216 e. The molecular weight excluding hydrogens is 190 g/mol. The van der Waals surface area contributed by atoms with Crippen LogP contribution in [0.3, 0.4) is 0 Å². The number of aliphatic hydroxyl groups excluding tert-OH is 1. The summed E-state index contributed by atoms with van der Waals surface area (Å²) in [6, 6.07) is 0. The van der Waals surface area contributed by atoms with Gasteiger partial charge in [-0.15, -0.1) is 0 Å². The first kappa shape index (κ1) is 10.9. The lowest BCUT2D eigenvalue weighted by Crippen LogP contribution is -2.39. The van der Waals surface area contributed by atoms with E-state index in [0.717, 1.165) is 12.8 Å². The van der Waals surface area contributed by atoms with E-state index in [4.69, 9.17) is 5.11 Å². The summed E-state index contributed by atoms with van der Waals surface area (Å²) in [5.74, 6) is 0.488. The van der Waals surface area contributed by atoms with Crippen LogP contribution in [0.5, 0.6) is 0 Å². The van der Waals surface area contributed by atoms with Gasteiger partial charge in [0.2, 0.25) is 10.0 Å². The molecule has 5 heteroatoms. The van der Waals surface area contributed by atoms with Crippen molar-refractivity contribution in [3.8, 4) is 0 Å². The number of nitrogens with zero attached hydrogens (tertiary/aromatic N) is 1. The summed E-state index contributed by atoms with van der Waals surface area (Å²) in [5, 5.41) is 8.58. The zero-order valence-corrected chi connectivity index (χ0v) is 8.76. The molecule has 1 heterocycles. The number of piperidine rings is 1. The molecule has 13 heavy (non-hydrogen) atoms. The van der Waals surface area contributed by atoms with E-state index >= 15 is 0 Å². The summed E-state index contributed by atoms with van der Waals surface area (Å²) in [4.78, 5) is 0. The Morgan fingerprint density at radius 2 is 1.92 bits per heavy atom. The molecule has 0 aliphatic carbocycles. The van der Waals surface area contributed by atoms with Crippen LogP contribution in [-0.4, -0.2) is 43.3 Å². The first-order valence-electron chi connectivity index (χ1n) is 4.65. The molecule has 0 bridgehead atoms. The Morgan fingerprint density at radius 3 is 2.38 bits per heavy atom. The van der Waals surface area contributed by atoms with E-state index in [-0.39, 0.29) is 12.4 Å². The van der Waals surface area contributed by atoms with Gasteiger partial charge >= 0.3 is 0 Å². The summed E-state index contributed by atoms with van der Waals surface area (Å²) in [6.07, 6.45) is 1.87. The Hall–Kier alpha value is -0.130. The van der Waals surface area contributed by atoms with Crippen LogP contribution in [0.15, 0.2) is 0 Å². The van der Waals surface area contributed by atoms with Crippen LogP contribution < -0.4 is 0 Å². The van der Waals surface area contributed by atoms with Crippen LogP contribution in [0.25, 0.3) is 0 Å². The van der Waals surface area contributed by atoms with Crippen molar-refractivity contribution in [3.05, 3.63) is 0 Å². The van der Waals surface area contributed by atoms with Crippen molar-refractivity contribution in [1.29, 1.82) is 0 Å². The molecule has 0 saturated carbocycles. The van der Waals surface area contributed by atoms with Crippen LogP contribution in [0.4, 0.5) is 0 Å². The van der Waals surface area contributed by atoms with Gasteiger partial charge in [-0.05, 0) is 18.8 Å². The maximum absolute atomic E-state index is 11.5. The zero-order chi connectivity index (χ0) is 9.90. The lowest BCUT2D eigenvalue weighted by molar-refractivity contribution is 0.279. The standard InChI is InChI=1S/C8H17NO3S/c1-8-2-4-9(5-3-8)13(11,12)7-6-10/h8,10H,2-7H2,1H3. The second-order valence-electron chi connectivity index (χ2n) is 3.62. The second kappa shape index (κ2) is 4.39. The van der Waals surface area contributed by atoms with Crippen LogP contribution >= 0.6 is 0 Å². The third-order valence-electron chi connectivity index (χ3n) is 2.49. The lowest BCUT2D eigenvalue weighted by Gasteiger charge is -2.29. The van der Waals surface area contributed by atoms with Crippen LogP contribution in [0, 0.1) is 5.92 Å². The molecule has 0 aromatic rings. The minimum Gasteiger partial charge on any atom is -0.395 e. The SMILES string of the molecule is CC1CCN(S(=O)(=O)CCO)CC1. The highest BCUT2D eigenvalue weighted by atomic mass is 32.2. The number of rotatable bonds is 3. The van der Waals surface area contributed by atoms with E-state index in [0.29, 0.717) is 19.0 Å². The smallest absolute Gasteiger partial charge is 0.216 e. The van der Waals surface area contributed by atoms with Gasteiger partial charge in [-0.2, -0.15) is 0 Å². The van der Waals surface area contributed by atoms with Gasteiger partial charge in [-0.1, -0.05) is 6.92 Å². The summed E-state index contributed by atoms with van der Waals surface area (Å²) in [5.41, 5.74) is 0. The lowest BCUT2D eigenvalue weighted by atomic mass is 10.0. The highest BCUT2D eigenvalue weighted by Crippen LogP contribution is 2.18. The molecule has 0 atom stereocenters. The summed E-state index contributed by atoms with van der Waals surface area (Å²) in [7, 11) is -3.17. The van der Waals surface area contributed by atoms with Crippen molar-refractivity contribution in [3.63, 3.8) is 0 Å². The highest BCUT2D eigenvalue weighted by molar-refractivity contribution is 7.89. The molecule has 0 radical (unpaired) electrons. The van der Waals surface area contributed by atoms with Gasteiger partial charge in [-0.25, -0.2) is 12.7 Å². The molecule has 0 amide bonds. The molecular formula is C8H17NO3S. The average molecular weight is 207 g/mol. The fraction of sp³-hybridized carbons (Fsp3) is 1.00. The summed E-state index contributed by atoms with van der Waals surface area (Å²) < 4.78 is 24.4. The molecule has 0 aromatic heterocycles. The maximum atomic E-state index is 11.5. The van der Waals surface area contributed by atoms with Gasteiger partial charge in [-0.3, -0.25) is 0 Å². The predicted octanol–water partition coefficient (Wildman–Crippen LogP) is 0.0404. The summed E-state index contributed by atoms with van der Waals surface area (Å²) >= 11 is 0. The van der Waals surface area contributed by atoms with Gasteiger partial charge in [0.25, 0.3) is 0 Å². The van der Waals surface area contributed by atoms with E-state index in [9.17, 15) is 8.42 Å². The van der Waals surface area contributed by atoms with Gasteiger partial charge in [0.15, 0.2) is 0 Å². The van der Waals surface area contributed by atoms with E-state index in [1.165, 1.54) is 4.31 Å². The van der Waals surface area contributed by atoms with Gasteiger partial charge in [0.05, 0.1) is 12.4 Å². The molecule has 0 unspecified atom stereocenters. The first-order valence-corrected chi connectivity index (χ1v) is 6.26. The van der Waals surface area contributed by atoms with Crippen molar-refractivity contribution in [2.75, 3.05) is 25.4 Å². The van der Waals surface area contributed by atoms with Crippen LogP contribution in [0.2, 0.25) is 0 Å². The molecule has 4 nitrogen and oxygen atoms in total. The Bertz CT molecular complexity index is 242. The van der Waals surface area contributed by atoms with E-state index < -0.39 is 10.0 Å². The third kappa shape index (κ3) is 2.93. The molecule has 1 aliphatic rings. The monoisotopic (exact) mass is 207 g/mol. The fourth-order valence-electron chi connectivity index (χ4n) is 1.51. The van der Waals surface area contributed by atoms with Gasteiger partial charge in [0, 0.05) is 13.1 Å². The molecule has 0 spiro atoms. The zero-order valence-electron chi connectivity index (χ0n) is 7.94. The number of aliphatic hydroxyl groups is 1. The predicted molar refractivity (Wildman–Crippen MR) is 50.8 cm³/mol. The third-order valence-corrected chi connectivity index (χ3v) is 4.34. The van der Waals surface area contributed by atoms with Crippen molar-refractivity contribution >= 4 is 10.0 Å². The Labute approximate surface area is 79.6 Å². The molecule has 78 valence electrons. The van der Waals surface area contributed by atoms with Gasteiger partial charge < -0.3 is 5.11 Å². The van der Waals surface area contributed by atoms with E-state index in [1.54, 1.807) is 0 Å². The van der Waals surface area contributed by atoms with E-state index in [2.05, 4.69) is 6.92 Å². The quantitative estimate of drug-likeness (QED) is 0.711. The first-order chi connectivity index (χ1) is 6.06. The Morgan fingerprint density at radius 1 is 1.38 bits per heavy atom. The van der Waals surface area contributed by atoms with Crippen molar-refractivity contribution in [2.24, 2.45) is 5.92 Å². The molecule has 1 saturated heterocycles. The topological polar surface area (TPSA) is 57.6 Å². The van der Waals surface area contributed by atoms with Crippen LogP contribution in [0.1, 0.15) is 19.8 Å². The minimum absolute atomic E-state index is 0.138. The second-order valence-corrected chi connectivity index (χ2v) is 5.71. The minimum atomic E-state index is -3.17. The largest absolute Gasteiger partial charge is 0.395 e. The summed E-state index contributed by atoms with van der Waals surface area (Å²) in [6.45, 7) is 3.08. The number of hydrogen-bond acceptors (Lipinski definition) is 3. The highest BCUT2D eigenvalue weighted by Gasteiger charge is 2.25. The molecule has 1 aliphatic heterocycles. The molecule has 1 N–H and O–H groups in total. The van der Waals surface area contributed by atoms with Crippen molar-refractivity contribution < 1.29 is 13.5 Å².